The molecule has 156 valence electrons. The van der Waals surface area contributed by atoms with Crippen LogP contribution in [0.5, 0.6) is 0 Å². The molecule has 3 nitrogen and oxygen atoms in total. The molecule has 0 bridgehead atoms. The van der Waals surface area contributed by atoms with Gasteiger partial charge in [-0.1, -0.05) is 65.8 Å². The first-order valence-electron chi connectivity index (χ1n) is 9.88. The molecule has 0 atom stereocenters. The van der Waals surface area contributed by atoms with E-state index in [-0.39, 0.29) is 11.3 Å². The minimum Gasteiger partial charge on any atom is -0.350 e. The van der Waals surface area contributed by atoms with Crippen LogP contribution in [0, 0.1) is 0 Å². The minimum atomic E-state index is -0.150. The lowest BCUT2D eigenvalue weighted by Crippen LogP contribution is -2.39. The predicted octanol–water partition coefficient (Wildman–Crippen LogP) is 6.94. The quantitative estimate of drug-likeness (QED) is 0.416. The van der Waals surface area contributed by atoms with Gasteiger partial charge in [0.05, 0.1) is 5.01 Å². The molecule has 1 saturated carbocycles. The van der Waals surface area contributed by atoms with Gasteiger partial charge in [-0.25, -0.2) is 4.98 Å². The summed E-state index contributed by atoms with van der Waals surface area (Å²) in [5, 5.41) is 7.65. The molecule has 0 unspecified atom stereocenters. The second kappa shape index (κ2) is 9.27. The van der Waals surface area contributed by atoms with Crippen molar-refractivity contribution in [2.75, 3.05) is 6.54 Å². The zero-order chi connectivity index (χ0) is 21.1. The lowest BCUT2D eigenvalue weighted by molar-refractivity contribution is 0.0938. The molecule has 0 spiro atoms. The number of carbonyl (C=O) groups is 1. The molecule has 1 aromatic heterocycles. The molecule has 1 fully saturated rings. The fraction of sp³-hybridized carbons (Fsp3) is 0.304. The van der Waals surface area contributed by atoms with Gasteiger partial charge in [0.2, 0.25) is 0 Å². The highest BCUT2D eigenvalue weighted by Crippen LogP contribution is 2.41. The van der Waals surface area contributed by atoms with Gasteiger partial charge in [0.25, 0.3) is 5.91 Å². The maximum Gasteiger partial charge on any atom is 0.270 e. The molecule has 1 amide bonds. The van der Waals surface area contributed by atoms with E-state index in [0.717, 1.165) is 41.3 Å². The fourth-order valence-corrected chi connectivity index (χ4v) is 5.55. The highest BCUT2D eigenvalue weighted by molar-refractivity contribution is 7.09. The van der Waals surface area contributed by atoms with Gasteiger partial charge >= 0.3 is 0 Å². The van der Waals surface area contributed by atoms with Gasteiger partial charge in [0.15, 0.2) is 0 Å². The van der Waals surface area contributed by atoms with Crippen LogP contribution in [0.25, 0.3) is 0 Å². The van der Waals surface area contributed by atoms with E-state index in [1.54, 1.807) is 5.38 Å². The van der Waals surface area contributed by atoms with Gasteiger partial charge < -0.3 is 5.32 Å². The number of nitrogens with zero attached hydrogens (tertiary/aromatic N) is 1. The van der Waals surface area contributed by atoms with Crippen LogP contribution in [0.3, 0.4) is 0 Å². The molecule has 30 heavy (non-hydrogen) atoms. The van der Waals surface area contributed by atoms with E-state index in [4.69, 9.17) is 34.8 Å². The van der Waals surface area contributed by atoms with Crippen molar-refractivity contribution in [1.82, 2.24) is 10.3 Å². The van der Waals surface area contributed by atoms with Crippen LogP contribution in [0.15, 0.2) is 47.8 Å². The number of hydrogen-bond donors (Lipinski definition) is 1. The minimum absolute atomic E-state index is 0.0375. The molecule has 1 N–H and O–H groups in total. The van der Waals surface area contributed by atoms with E-state index < -0.39 is 0 Å². The van der Waals surface area contributed by atoms with Crippen LogP contribution in [-0.2, 0) is 11.8 Å². The normalized spacial score (nSPS) is 15.3. The second-order valence-corrected chi connectivity index (χ2v) is 9.87. The Hall–Kier alpha value is -1.59. The fourth-order valence-electron chi connectivity index (χ4n) is 4.11. The number of nitrogens with one attached hydrogen (secondary N) is 1. The summed E-state index contributed by atoms with van der Waals surface area (Å²) in [6.45, 7) is 0.594. The summed E-state index contributed by atoms with van der Waals surface area (Å²) in [4.78, 5) is 17.3. The summed E-state index contributed by atoms with van der Waals surface area (Å²) < 4.78 is 0. The molecule has 0 aliphatic heterocycles. The van der Waals surface area contributed by atoms with Gasteiger partial charge in [-0.05, 0) is 48.2 Å². The molecular weight excluding hydrogens is 459 g/mol. The van der Waals surface area contributed by atoms with Crippen LogP contribution in [0.2, 0.25) is 15.1 Å². The van der Waals surface area contributed by atoms with Crippen molar-refractivity contribution >= 4 is 52.0 Å². The van der Waals surface area contributed by atoms with E-state index in [1.165, 1.54) is 16.9 Å². The van der Waals surface area contributed by atoms with Crippen molar-refractivity contribution in [3.8, 4) is 0 Å². The molecule has 1 aliphatic rings. The summed E-state index contributed by atoms with van der Waals surface area (Å²) >= 11 is 20.0. The number of rotatable bonds is 6. The van der Waals surface area contributed by atoms with E-state index in [2.05, 4.69) is 22.4 Å². The zero-order valence-corrected chi connectivity index (χ0v) is 19.3. The highest BCUT2D eigenvalue weighted by Gasteiger charge is 2.36. The number of hydrogen-bond acceptors (Lipinski definition) is 3. The third kappa shape index (κ3) is 4.67. The number of carbonyl (C=O) groups excluding carboxylic acids is 1. The van der Waals surface area contributed by atoms with E-state index in [0.29, 0.717) is 28.7 Å². The molecule has 4 rings (SSSR count). The Bertz CT molecular complexity index is 1020. The lowest BCUT2D eigenvalue weighted by Gasteiger charge is -2.30. The van der Waals surface area contributed by atoms with Crippen molar-refractivity contribution in [2.45, 2.75) is 37.5 Å². The van der Waals surface area contributed by atoms with Crippen molar-refractivity contribution < 1.29 is 4.79 Å². The maximum absolute atomic E-state index is 12.8. The Morgan fingerprint density at radius 1 is 1.03 bits per heavy atom. The Labute approximate surface area is 195 Å². The predicted molar refractivity (Wildman–Crippen MR) is 125 cm³/mol. The first-order valence-corrected chi connectivity index (χ1v) is 11.9. The average Bonchev–Trinajstić information content (AvgIpc) is 3.40. The van der Waals surface area contributed by atoms with Crippen LogP contribution in [0.1, 0.15) is 52.3 Å². The first-order chi connectivity index (χ1) is 14.5. The summed E-state index contributed by atoms with van der Waals surface area (Å²) in [5.41, 5.74) is 2.46. The second-order valence-electron chi connectivity index (χ2n) is 7.68. The van der Waals surface area contributed by atoms with Crippen LogP contribution in [-0.4, -0.2) is 17.4 Å². The van der Waals surface area contributed by atoms with Gasteiger partial charge in [-0.3, -0.25) is 4.79 Å². The third-order valence-corrected chi connectivity index (χ3v) is 7.59. The Kier molecular flexibility index (Phi) is 6.69. The van der Waals surface area contributed by atoms with E-state index in [1.807, 2.05) is 30.3 Å². The van der Waals surface area contributed by atoms with Gasteiger partial charge in [0.1, 0.15) is 5.69 Å². The molecule has 0 saturated heterocycles. The Morgan fingerprint density at radius 2 is 1.70 bits per heavy atom. The SMILES string of the molecule is O=C(NCC1(c2ccc(Cl)cc2)CCCC1)c1csc(Cc2c(Cl)cccc2Cl)n1. The lowest BCUT2D eigenvalue weighted by atomic mass is 9.79. The topological polar surface area (TPSA) is 42.0 Å². The summed E-state index contributed by atoms with van der Waals surface area (Å²) in [6.07, 6.45) is 4.95. The Morgan fingerprint density at radius 3 is 2.37 bits per heavy atom. The van der Waals surface area contributed by atoms with Gasteiger partial charge in [-0.15, -0.1) is 11.3 Å². The molecule has 2 aromatic carbocycles. The molecule has 1 heterocycles. The van der Waals surface area contributed by atoms with Crippen LogP contribution >= 0.6 is 46.1 Å². The number of thiazole rings is 1. The molecule has 0 radical (unpaired) electrons. The standard InChI is InChI=1S/C23H21Cl3N2OS/c24-16-8-6-15(7-9-16)23(10-1-2-11-23)14-27-22(29)20-13-30-21(28-20)12-17-18(25)4-3-5-19(17)26/h3-9,13H,1-2,10-12,14H2,(H,27,29). The average molecular weight is 480 g/mol. The summed E-state index contributed by atoms with van der Waals surface area (Å²) in [6, 6.07) is 13.4. The summed E-state index contributed by atoms with van der Waals surface area (Å²) in [7, 11) is 0. The number of amides is 1. The van der Waals surface area contributed by atoms with Crippen molar-refractivity contribution in [3.63, 3.8) is 0 Å². The monoisotopic (exact) mass is 478 g/mol. The number of halogens is 3. The van der Waals surface area contributed by atoms with E-state index >= 15 is 0 Å². The first kappa shape index (κ1) is 21.6. The van der Waals surface area contributed by atoms with Crippen LogP contribution in [0.4, 0.5) is 0 Å². The third-order valence-electron chi connectivity index (χ3n) is 5.78. The van der Waals surface area contributed by atoms with Crippen molar-refractivity contribution in [3.05, 3.63) is 84.7 Å². The smallest absolute Gasteiger partial charge is 0.270 e. The highest BCUT2D eigenvalue weighted by atomic mass is 35.5. The number of benzene rings is 2. The van der Waals surface area contributed by atoms with Gasteiger partial charge in [-0.2, -0.15) is 0 Å². The van der Waals surface area contributed by atoms with Crippen molar-refractivity contribution in [2.24, 2.45) is 0 Å². The molecule has 7 heteroatoms. The molecule has 1 aliphatic carbocycles. The molecular formula is C23H21Cl3N2OS. The van der Waals surface area contributed by atoms with Crippen LogP contribution < -0.4 is 5.32 Å². The summed E-state index contributed by atoms with van der Waals surface area (Å²) in [5.74, 6) is -0.150. The zero-order valence-electron chi connectivity index (χ0n) is 16.3. The van der Waals surface area contributed by atoms with E-state index in [9.17, 15) is 4.79 Å². The Balaban J connectivity index is 1.44. The molecule has 3 aromatic rings. The maximum atomic E-state index is 12.8. The van der Waals surface area contributed by atoms with Crippen molar-refractivity contribution in [1.29, 1.82) is 0 Å². The largest absolute Gasteiger partial charge is 0.350 e. The van der Waals surface area contributed by atoms with Gasteiger partial charge in [0, 0.05) is 38.8 Å². The number of aromatic nitrogens is 1.